The van der Waals surface area contributed by atoms with E-state index in [4.69, 9.17) is 19.4 Å². The highest BCUT2D eigenvalue weighted by Gasteiger charge is 2.20. The van der Waals surface area contributed by atoms with Gasteiger partial charge in [-0.3, -0.25) is 4.79 Å². The van der Waals surface area contributed by atoms with E-state index < -0.39 is 0 Å². The van der Waals surface area contributed by atoms with Gasteiger partial charge in [0.15, 0.2) is 0 Å². The molecular formula is C53H46N4O3. The van der Waals surface area contributed by atoms with E-state index in [-0.39, 0.29) is 12.4 Å². The first-order valence-electron chi connectivity index (χ1n) is 20.6. The van der Waals surface area contributed by atoms with Gasteiger partial charge in [-0.25, -0.2) is 9.97 Å². The molecule has 2 aliphatic heterocycles. The smallest absolute Gasteiger partial charge is 0.305 e. The van der Waals surface area contributed by atoms with Crippen LogP contribution in [0, 0.1) is 20.8 Å². The van der Waals surface area contributed by atoms with Crippen molar-refractivity contribution in [3.63, 3.8) is 0 Å². The number of esters is 1. The Bertz CT molecular complexity index is 2930. The molecule has 0 radical (unpaired) electrons. The largest absolute Gasteiger partial charge is 0.493 e. The molecule has 8 bridgehead atoms. The molecule has 9 rings (SSSR count). The molecule has 0 unspecified atom stereocenters. The predicted octanol–water partition coefficient (Wildman–Crippen LogP) is 13.0. The van der Waals surface area contributed by atoms with E-state index in [1.54, 1.807) is 0 Å². The lowest BCUT2D eigenvalue weighted by molar-refractivity contribution is -0.143. The highest BCUT2D eigenvalue weighted by atomic mass is 16.5. The Hall–Kier alpha value is -7.25. The number of carbonyl (C=O) groups excluding carboxylic acids is 1. The van der Waals surface area contributed by atoms with Gasteiger partial charge >= 0.3 is 5.97 Å². The SMILES string of the molecule is CCOC(=O)CCCOc1ccccc1-c1c2nc(c(-c3ccc(C)cc3)c3ccc([nH]3)c(-c3ccc(C)cc3)c3nc(c(-c4ccc(C)cc4)c4ccc1[nH]4)C=C3)C=C2. The number of hydrogen-bond acceptors (Lipinski definition) is 5. The fraction of sp³-hybridized carbons (Fsp3) is 0.151. The summed E-state index contributed by atoms with van der Waals surface area (Å²) in [4.78, 5) is 30.7. The minimum atomic E-state index is -0.222. The normalized spacial score (nSPS) is 11.9. The van der Waals surface area contributed by atoms with Crippen molar-refractivity contribution >= 4 is 52.3 Å². The van der Waals surface area contributed by atoms with E-state index in [0.29, 0.717) is 25.4 Å². The van der Waals surface area contributed by atoms with Crippen molar-refractivity contribution in [1.29, 1.82) is 0 Å². The molecule has 2 N–H and O–H groups in total. The number of para-hydroxylation sites is 1. The molecule has 0 aliphatic carbocycles. The second kappa shape index (κ2) is 16.5. The van der Waals surface area contributed by atoms with E-state index in [2.05, 4.69) is 158 Å². The van der Waals surface area contributed by atoms with Crippen LogP contribution in [0.25, 0.3) is 90.9 Å². The van der Waals surface area contributed by atoms with Crippen molar-refractivity contribution in [3.8, 4) is 50.3 Å². The number of H-pyrrole nitrogens is 2. The number of aromatic nitrogens is 4. The molecule has 4 aromatic carbocycles. The van der Waals surface area contributed by atoms with Crippen LogP contribution in [0.2, 0.25) is 0 Å². The molecule has 0 amide bonds. The highest BCUT2D eigenvalue weighted by Crippen LogP contribution is 2.40. The summed E-state index contributed by atoms with van der Waals surface area (Å²) >= 11 is 0. The van der Waals surface area contributed by atoms with Gasteiger partial charge in [0.05, 0.1) is 36.0 Å². The maximum atomic E-state index is 12.1. The Morgan fingerprint density at radius 2 is 0.917 bits per heavy atom. The van der Waals surface area contributed by atoms with Crippen LogP contribution in [-0.4, -0.2) is 39.1 Å². The molecule has 3 aromatic heterocycles. The van der Waals surface area contributed by atoms with Crippen LogP contribution < -0.4 is 4.74 Å². The van der Waals surface area contributed by atoms with Crippen LogP contribution in [0.1, 0.15) is 59.2 Å². The molecule has 7 nitrogen and oxygen atoms in total. The molecule has 296 valence electrons. The lowest BCUT2D eigenvalue weighted by Gasteiger charge is -2.13. The lowest BCUT2D eigenvalue weighted by Crippen LogP contribution is -2.07. The van der Waals surface area contributed by atoms with E-state index in [0.717, 1.165) is 89.4 Å². The van der Waals surface area contributed by atoms with Crippen molar-refractivity contribution in [1.82, 2.24) is 19.9 Å². The first-order valence-corrected chi connectivity index (χ1v) is 20.6. The first-order chi connectivity index (χ1) is 29.3. The Kier molecular flexibility index (Phi) is 10.6. The fourth-order valence-electron chi connectivity index (χ4n) is 7.99. The first kappa shape index (κ1) is 38.3. The third-order valence-electron chi connectivity index (χ3n) is 11.0. The number of nitrogens with zero attached hydrogens (tertiary/aromatic N) is 2. The molecule has 0 spiro atoms. The number of benzene rings is 4. The molecule has 7 aromatic rings. The highest BCUT2D eigenvalue weighted by molar-refractivity contribution is 6.00. The predicted molar refractivity (Wildman–Crippen MR) is 246 cm³/mol. The Morgan fingerprint density at radius 1 is 0.517 bits per heavy atom. The maximum Gasteiger partial charge on any atom is 0.305 e. The van der Waals surface area contributed by atoms with Crippen molar-refractivity contribution in [2.24, 2.45) is 0 Å². The van der Waals surface area contributed by atoms with Crippen LogP contribution in [0.5, 0.6) is 5.75 Å². The van der Waals surface area contributed by atoms with E-state index >= 15 is 0 Å². The number of ether oxygens (including phenoxy) is 2. The van der Waals surface area contributed by atoms with Gasteiger partial charge in [0.25, 0.3) is 0 Å². The molecule has 60 heavy (non-hydrogen) atoms. The quantitative estimate of drug-likeness (QED) is 0.106. The van der Waals surface area contributed by atoms with Crippen molar-refractivity contribution < 1.29 is 14.3 Å². The van der Waals surface area contributed by atoms with Crippen LogP contribution in [0.15, 0.2) is 121 Å². The van der Waals surface area contributed by atoms with Crippen LogP contribution in [0.4, 0.5) is 0 Å². The number of rotatable bonds is 10. The van der Waals surface area contributed by atoms with Gasteiger partial charge in [-0.1, -0.05) is 108 Å². The van der Waals surface area contributed by atoms with Gasteiger partial charge in [0.1, 0.15) is 5.75 Å². The molecule has 0 saturated heterocycles. The zero-order chi connectivity index (χ0) is 41.2. The average molecular weight is 787 g/mol. The standard InChI is InChI=1S/C53H46N4O3/c1-5-59-49(58)11-8-32-60-48-10-7-6-9-39(48)53-46-30-28-44(56-46)51(37-20-14-34(3)15-21-37)42-26-24-40(54-42)50(36-18-12-33(2)13-19-36)41-25-27-43(55-41)52(45-29-31-47(53)57-45)38-22-16-35(4)17-23-38/h6-7,9-10,12-31,54,57H,5,8,11,32H2,1-4H3. The van der Waals surface area contributed by atoms with Gasteiger partial charge in [0.2, 0.25) is 0 Å². The minimum absolute atomic E-state index is 0.222. The van der Waals surface area contributed by atoms with Crippen molar-refractivity contribution in [3.05, 3.63) is 161 Å². The minimum Gasteiger partial charge on any atom is -0.493 e. The van der Waals surface area contributed by atoms with E-state index in [9.17, 15) is 4.79 Å². The maximum absolute atomic E-state index is 12.1. The zero-order valence-corrected chi connectivity index (χ0v) is 34.3. The van der Waals surface area contributed by atoms with Gasteiger partial charge < -0.3 is 19.4 Å². The number of hydrogen-bond donors (Lipinski definition) is 2. The third kappa shape index (κ3) is 7.70. The van der Waals surface area contributed by atoms with Crippen LogP contribution in [0.3, 0.4) is 0 Å². The second-order valence-corrected chi connectivity index (χ2v) is 15.4. The summed E-state index contributed by atoms with van der Waals surface area (Å²) in [7, 11) is 0. The van der Waals surface area contributed by atoms with Crippen molar-refractivity contribution in [2.75, 3.05) is 13.2 Å². The average Bonchev–Trinajstić information content (AvgIpc) is 4.10. The van der Waals surface area contributed by atoms with E-state index in [1.165, 1.54) is 16.7 Å². The zero-order valence-electron chi connectivity index (χ0n) is 34.3. The van der Waals surface area contributed by atoms with Gasteiger partial charge in [0, 0.05) is 56.3 Å². The summed E-state index contributed by atoms with van der Waals surface area (Å²) < 4.78 is 11.6. The second-order valence-electron chi connectivity index (χ2n) is 15.4. The lowest BCUT2D eigenvalue weighted by atomic mass is 10.0. The van der Waals surface area contributed by atoms with Gasteiger partial charge in [-0.05, 0) is 105 Å². The molecule has 5 heterocycles. The van der Waals surface area contributed by atoms with Gasteiger partial charge in [-0.15, -0.1) is 0 Å². The van der Waals surface area contributed by atoms with E-state index in [1.807, 2.05) is 25.1 Å². The summed E-state index contributed by atoms with van der Waals surface area (Å²) in [5.74, 6) is 0.479. The molecule has 0 saturated carbocycles. The van der Waals surface area contributed by atoms with Crippen LogP contribution in [-0.2, 0) is 9.53 Å². The Labute approximate surface area is 350 Å². The molecule has 7 heteroatoms. The summed E-state index contributed by atoms with van der Waals surface area (Å²) in [5.41, 5.74) is 18.6. The summed E-state index contributed by atoms with van der Waals surface area (Å²) in [6.45, 7) is 8.86. The topological polar surface area (TPSA) is 92.9 Å². The monoisotopic (exact) mass is 786 g/mol. The van der Waals surface area contributed by atoms with Gasteiger partial charge in [-0.2, -0.15) is 0 Å². The number of nitrogens with one attached hydrogen (secondary N) is 2. The molecule has 0 atom stereocenters. The number of aromatic amines is 2. The van der Waals surface area contributed by atoms with Crippen molar-refractivity contribution in [2.45, 2.75) is 40.5 Å². The molecule has 2 aliphatic rings. The number of carbonyl (C=O) groups is 1. The molecular weight excluding hydrogens is 741 g/mol. The summed E-state index contributed by atoms with van der Waals surface area (Å²) in [6, 6.07) is 42.5. The number of fused-ring (bicyclic) bond motifs is 8. The fourth-order valence-corrected chi connectivity index (χ4v) is 7.99. The summed E-state index contributed by atoms with van der Waals surface area (Å²) in [6.07, 6.45) is 9.28. The summed E-state index contributed by atoms with van der Waals surface area (Å²) in [5, 5.41) is 0. The van der Waals surface area contributed by atoms with Crippen LogP contribution >= 0.6 is 0 Å². The Morgan fingerprint density at radius 3 is 1.35 bits per heavy atom. The third-order valence-corrected chi connectivity index (χ3v) is 11.0. The number of aryl methyl sites for hydroxylation is 3. The Balaban J connectivity index is 1.37. The molecule has 0 fully saturated rings.